The zero-order valence-corrected chi connectivity index (χ0v) is 19.7. The van der Waals surface area contributed by atoms with Gasteiger partial charge < -0.3 is 4.74 Å². The van der Waals surface area contributed by atoms with Crippen LogP contribution in [0.3, 0.4) is 0 Å². The molecule has 0 unspecified atom stereocenters. The summed E-state index contributed by atoms with van der Waals surface area (Å²) in [5, 5.41) is 0. The van der Waals surface area contributed by atoms with Crippen LogP contribution in [0.4, 0.5) is 8.78 Å². The molecule has 0 amide bonds. The standard InChI is InChI=1S/C25H37F2O2Si/c1-3-5-6-15-30-16-13-19(14-17-30)18-7-9-20(10-8-18)25(28)21-11-12-22(29-4-2)24(27)23(21)26/h11-12,18-20H,3-10,13-17H2,1-2H3. The highest BCUT2D eigenvalue weighted by Gasteiger charge is 2.34. The van der Waals surface area contributed by atoms with E-state index < -0.39 is 11.6 Å². The van der Waals surface area contributed by atoms with E-state index in [0.717, 1.165) is 37.5 Å². The predicted octanol–water partition coefficient (Wildman–Crippen LogP) is 7.45. The van der Waals surface area contributed by atoms with Gasteiger partial charge in [-0.15, -0.1) is 0 Å². The largest absolute Gasteiger partial charge is 0.491 e. The van der Waals surface area contributed by atoms with Crippen molar-refractivity contribution < 1.29 is 18.3 Å². The lowest BCUT2D eigenvalue weighted by Gasteiger charge is -2.37. The molecular weight excluding hydrogens is 398 g/mol. The van der Waals surface area contributed by atoms with Crippen molar-refractivity contribution in [2.24, 2.45) is 17.8 Å². The van der Waals surface area contributed by atoms with Crippen molar-refractivity contribution >= 4 is 14.6 Å². The van der Waals surface area contributed by atoms with Gasteiger partial charge in [-0.1, -0.05) is 57.2 Å². The maximum absolute atomic E-state index is 14.4. The smallest absolute Gasteiger partial charge is 0.201 e. The Morgan fingerprint density at radius 2 is 1.63 bits per heavy atom. The number of hydrogen-bond acceptors (Lipinski definition) is 2. The third-order valence-corrected chi connectivity index (χ3v) is 10.3. The summed E-state index contributed by atoms with van der Waals surface area (Å²) in [6.45, 7) is 4.25. The summed E-state index contributed by atoms with van der Waals surface area (Å²) >= 11 is 0. The van der Waals surface area contributed by atoms with Gasteiger partial charge >= 0.3 is 0 Å². The number of Topliss-reactive ketones (excluding diaryl/α,β-unsaturated/α-hetero) is 1. The minimum Gasteiger partial charge on any atom is -0.491 e. The molecule has 3 rings (SSSR count). The molecule has 1 aromatic rings. The van der Waals surface area contributed by atoms with E-state index in [4.69, 9.17) is 4.74 Å². The number of rotatable bonds is 9. The second-order valence-electron chi connectivity index (χ2n) is 9.19. The molecule has 1 aliphatic carbocycles. The summed E-state index contributed by atoms with van der Waals surface area (Å²) in [6.07, 6.45) is 10.6. The first-order valence-electron chi connectivity index (χ1n) is 12.0. The number of carbonyl (C=O) groups is 1. The van der Waals surface area contributed by atoms with E-state index in [1.165, 1.54) is 62.4 Å². The molecule has 1 radical (unpaired) electrons. The van der Waals surface area contributed by atoms with Crippen LogP contribution in [0.25, 0.3) is 0 Å². The number of ether oxygens (including phenoxy) is 1. The van der Waals surface area contributed by atoms with Gasteiger partial charge in [-0.05, 0) is 56.6 Å². The average Bonchev–Trinajstić information content (AvgIpc) is 2.78. The molecule has 0 atom stereocenters. The van der Waals surface area contributed by atoms with Crippen LogP contribution in [0.2, 0.25) is 18.1 Å². The van der Waals surface area contributed by atoms with Crippen LogP contribution in [0, 0.1) is 29.4 Å². The van der Waals surface area contributed by atoms with Crippen molar-refractivity contribution in [3.8, 4) is 5.75 Å². The maximum atomic E-state index is 14.4. The molecule has 0 spiro atoms. The molecule has 0 N–H and O–H groups in total. The lowest BCUT2D eigenvalue weighted by atomic mass is 9.72. The molecule has 2 aliphatic rings. The van der Waals surface area contributed by atoms with Gasteiger partial charge in [0, 0.05) is 14.7 Å². The first-order chi connectivity index (χ1) is 14.5. The first-order valence-corrected chi connectivity index (χ1v) is 14.2. The van der Waals surface area contributed by atoms with E-state index in [2.05, 4.69) is 6.92 Å². The number of ketones is 1. The van der Waals surface area contributed by atoms with Crippen molar-refractivity contribution in [2.45, 2.75) is 89.8 Å². The third-order valence-electron chi connectivity index (χ3n) is 7.29. The number of carbonyl (C=O) groups excluding carboxylic acids is 1. The Kier molecular flexibility index (Phi) is 8.91. The molecule has 1 aromatic carbocycles. The van der Waals surface area contributed by atoms with Crippen molar-refractivity contribution in [1.29, 1.82) is 0 Å². The summed E-state index contributed by atoms with van der Waals surface area (Å²) in [7, 11) is -0.108. The van der Waals surface area contributed by atoms with Gasteiger partial charge in [0.15, 0.2) is 17.3 Å². The Labute approximate surface area is 182 Å². The fraction of sp³-hybridized carbons (Fsp3) is 0.720. The summed E-state index contributed by atoms with van der Waals surface area (Å²) in [5.74, 6) is -1.10. The van der Waals surface area contributed by atoms with E-state index >= 15 is 0 Å². The van der Waals surface area contributed by atoms with E-state index in [1.54, 1.807) is 6.92 Å². The monoisotopic (exact) mass is 435 g/mol. The normalized spacial score (nSPS) is 23.5. The molecule has 1 saturated carbocycles. The predicted molar refractivity (Wildman–Crippen MR) is 120 cm³/mol. The van der Waals surface area contributed by atoms with Crippen LogP contribution in [-0.2, 0) is 0 Å². The summed E-state index contributed by atoms with van der Waals surface area (Å²) in [6, 6.07) is 7.20. The van der Waals surface area contributed by atoms with Gasteiger partial charge in [-0.3, -0.25) is 4.79 Å². The molecule has 2 nitrogen and oxygen atoms in total. The number of unbranched alkanes of at least 4 members (excludes halogenated alkanes) is 2. The molecule has 30 heavy (non-hydrogen) atoms. The van der Waals surface area contributed by atoms with Crippen molar-refractivity contribution in [1.82, 2.24) is 0 Å². The van der Waals surface area contributed by atoms with Crippen LogP contribution >= 0.6 is 0 Å². The van der Waals surface area contributed by atoms with Gasteiger partial charge in [0.05, 0.1) is 12.2 Å². The molecule has 0 aromatic heterocycles. The molecule has 1 saturated heterocycles. The second kappa shape index (κ2) is 11.4. The number of halogens is 2. The van der Waals surface area contributed by atoms with Crippen LogP contribution in [0.1, 0.15) is 82.0 Å². The Bertz CT molecular complexity index is 693. The van der Waals surface area contributed by atoms with Gasteiger partial charge in [0.25, 0.3) is 0 Å². The fourth-order valence-electron chi connectivity index (χ4n) is 5.46. The molecule has 167 valence electrons. The second-order valence-corrected chi connectivity index (χ2v) is 12.2. The highest BCUT2D eigenvalue weighted by Crippen LogP contribution is 2.42. The quantitative estimate of drug-likeness (QED) is 0.229. The van der Waals surface area contributed by atoms with Gasteiger partial charge in [-0.2, -0.15) is 4.39 Å². The number of hydrogen-bond donors (Lipinski definition) is 0. The fourth-order valence-corrected chi connectivity index (χ4v) is 8.51. The van der Waals surface area contributed by atoms with Gasteiger partial charge in [-0.25, -0.2) is 4.39 Å². The van der Waals surface area contributed by atoms with E-state index in [9.17, 15) is 13.6 Å². The number of benzene rings is 1. The van der Waals surface area contributed by atoms with Gasteiger partial charge in [0.2, 0.25) is 5.82 Å². The van der Waals surface area contributed by atoms with E-state index in [-0.39, 0.29) is 38.4 Å². The van der Waals surface area contributed by atoms with Gasteiger partial charge in [0.1, 0.15) is 0 Å². The molecule has 5 heteroatoms. The van der Waals surface area contributed by atoms with Crippen LogP contribution in [-0.4, -0.2) is 21.2 Å². The molecule has 1 aliphatic heterocycles. The highest BCUT2D eigenvalue weighted by atomic mass is 28.3. The molecule has 0 bridgehead atoms. The van der Waals surface area contributed by atoms with Crippen LogP contribution in [0.15, 0.2) is 12.1 Å². The summed E-state index contributed by atoms with van der Waals surface area (Å²) < 4.78 is 33.7. The van der Waals surface area contributed by atoms with Crippen molar-refractivity contribution in [2.75, 3.05) is 6.61 Å². The van der Waals surface area contributed by atoms with Crippen molar-refractivity contribution in [3.63, 3.8) is 0 Å². The topological polar surface area (TPSA) is 26.3 Å². The van der Waals surface area contributed by atoms with E-state index in [1.807, 2.05) is 0 Å². The molecule has 2 fully saturated rings. The molecular formula is C25H37F2O2Si. The minimum atomic E-state index is -1.06. The lowest BCUT2D eigenvalue weighted by molar-refractivity contribution is 0.0843. The Balaban J connectivity index is 1.49. The summed E-state index contributed by atoms with van der Waals surface area (Å²) in [4.78, 5) is 12.8. The maximum Gasteiger partial charge on any atom is 0.201 e. The zero-order valence-electron chi connectivity index (χ0n) is 18.7. The Morgan fingerprint density at radius 1 is 0.967 bits per heavy atom. The SMILES string of the molecule is CCCCC[Si]1CCC(C2CCC(C(=O)c3ccc(OCC)c(F)c3F)CC2)CC1. The van der Waals surface area contributed by atoms with Crippen molar-refractivity contribution in [3.05, 3.63) is 29.3 Å². The summed E-state index contributed by atoms with van der Waals surface area (Å²) in [5.41, 5.74) is -0.114. The lowest BCUT2D eigenvalue weighted by Crippen LogP contribution is -2.30. The van der Waals surface area contributed by atoms with Crippen LogP contribution in [0.5, 0.6) is 5.75 Å². The third kappa shape index (κ3) is 5.71. The molecule has 1 heterocycles. The average molecular weight is 436 g/mol. The Hall–Kier alpha value is -1.23. The zero-order chi connectivity index (χ0) is 21.5. The minimum absolute atomic E-state index is 0.108. The van der Waals surface area contributed by atoms with E-state index in [0.29, 0.717) is 0 Å². The van der Waals surface area contributed by atoms with Crippen LogP contribution < -0.4 is 4.74 Å². The Morgan fingerprint density at radius 3 is 2.27 bits per heavy atom. The highest BCUT2D eigenvalue weighted by molar-refractivity contribution is 6.58. The first kappa shape index (κ1) is 23.4.